The third-order valence-corrected chi connectivity index (χ3v) is 2.72. The zero-order valence-corrected chi connectivity index (χ0v) is 10.5. The Balaban J connectivity index is 2.21. The number of benzene rings is 1. The summed E-state index contributed by atoms with van der Waals surface area (Å²) in [5, 5.41) is 2.84. The molecule has 0 bridgehead atoms. The molecule has 0 fully saturated rings. The Hall–Kier alpha value is -2.14. The van der Waals surface area contributed by atoms with E-state index in [0.29, 0.717) is 12.2 Å². The number of nitrogens with zero attached hydrogens (tertiary/aromatic N) is 2. The van der Waals surface area contributed by atoms with Crippen LogP contribution in [0.4, 0.5) is 5.69 Å². The van der Waals surface area contributed by atoms with E-state index in [2.05, 4.69) is 10.3 Å². The molecule has 2 rings (SSSR count). The van der Waals surface area contributed by atoms with E-state index in [9.17, 15) is 4.79 Å². The third kappa shape index (κ3) is 2.57. The van der Waals surface area contributed by atoms with Gasteiger partial charge in [0.2, 0.25) is 0 Å². The van der Waals surface area contributed by atoms with Crippen molar-refractivity contribution >= 4 is 11.6 Å². The first kappa shape index (κ1) is 12.3. The lowest BCUT2D eigenvalue weighted by atomic mass is 10.1. The Morgan fingerprint density at radius 3 is 2.89 bits per heavy atom. The molecule has 0 unspecified atom stereocenters. The second-order valence-electron chi connectivity index (χ2n) is 4.23. The summed E-state index contributed by atoms with van der Waals surface area (Å²) in [5.41, 5.74) is 8.74. The lowest BCUT2D eigenvalue weighted by molar-refractivity contribution is 0.102. The molecular weight excluding hydrogens is 228 g/mol. The highest BCUT2D eigenvalue weighted by molar-refractivity contribution is 6.03. The van der Waals surface area contributed by atoms with E-state index >= 15 is 0 Å². The number of hydrogen-bond donors (Lipinski definition) is 2. The molecule has 1 aromatic heterocycles. The molecule has 1 heterocycles. The summed E-state index contributed by atoms with van der Waals surface area (Å²) in [7, 11) is 1.82. The van der Waals surface area contributed by atoms with Gasteiger partial charge in [0.05, 0.1) is 6.33 Å². The van der Waals surface area contributed by atoms with Crippen LogP contribution in [0.25, 0.3) is 0 Å². The lowest BCUT2D eigenvalue weighted by Gasteiger charge is -2.08. The normalized spacial score (nSPS) is 10.4. The van der Waals surface area contributed by atoms with Gasteiger partial charge < -0.3 is 15.6 Å². The van der Waals surface area contributed by atoms with E-state index in [1.807, 2.05) is 32.2 Å². The summed E-state index contributed by atoms with van der Waals surface area (Å²) in [5.74, 6) is -0.215. The first-order valence-corrected chi connectivity index (χ1v) is 5.69. The summed E-state index contributed by atoms with van der Waals surface area (Å²) >= 11 is 0. The zero-order valence-electron chi connectivity index (χ0n) is 10.5. The molecule has 0 aliphatic heterocycles. The molecule has 0 saturated carbocycles. The van der Waals surface area contributed by atoms with Crippen LogP contribution in [0.1, 0.15) is 21.6 Å². The number of amides is 1. The second kappa shape index (κ2) is 5.01. The lowest BCUT2D eigenvalue weighted by Crippen LogP contribution is -2.13. The smallest absolute Gasteiger partial charge is 0.275 e. The summed E-state index contributed by atoms with van der Waals surface area (Å²) in [6.45, 7) is 2.39. The highest BCUT2D eigenvalue weighted by Crippen LogP contribution is 2.17. The number of aryl methyl sites for hydroxylation is 2. The largest absolute Gasteiger partial charge is 0.340 e. The maximum Gasteiger partial charge on any atom is 0.275 e. The van der Waals surface area contributed by atoms with Crippen LogP contribution in [-0.2, 0) is 13.6 Å². The van der Waals surface area contributed by atoms with Crippen LogP contribution in [0.5, 0.6) is 0 Å². The minimum absolute atomic E-state index is 0.215. The molecule has 1 aromatic carbocycles. The number of anilines is 1. The van der Waals surface area contributed by atoms with Gasteiger partial charge in [0.1, 0.15) is 5.69 Å². The Labute approximate surface area is 106 Å². The maximum absolute atomic E-state index is 12.0. The van der Waals surface area contributed by atoms with Gasteiger partial charge in [0.25, 0.3) is 5.91 Å². The summed E-state index contributed by atoms with van der Waals surface area (Å²) in [6.07, 6.45) is 3.27. The number of rotatable bonds is 3. The number of nitrogens with one attached hydrogen (secondary N) is 1. The summed E-state index contributed by atoms with van der Waals surface area (Å²) in [6, 6.07) is 5.78. The minimum atomic E-state index is -0.215. The summed E-state index contributed by atoms with van der Waals surface area (Å²) < 4.78 is 1.73. The molecule has 0 aliphatic carbocycles. The fraction of sp³-hybridized carbons (Fsp3) is 0.231. The predicted octanol–water partition coefficient (Wildman–Crippen LogP) is 1.44. The van der Waals surface area contributed by atoms with E-state index in [0.717, 1.165) is 16.8 Å². The van der Waals surface area contributed by atoms with Crippen molar-refractivity contribution in [1.29, 1.82) is 0 Å². The molecule has 94 valence electrons. The van der Waals surface area contributed by atoms with Crippen molar-refractivity contribution in [2.45, 2.75) is 13.5 Å². The van der Waals surface area contributed by atoms with E-state index < -0.39 is 0 Å². The van der Waals surface area contributed by atoms with Gasteiger partial charge in [-0.2, -0.15) is 0 Å². The maximum atomic E-state index is 12.0. The molecule has 3 N–H and O–H groups in total. The van der Waals surface area contributed by atoms with Gasteiger partial charge >= 0.3 is 0 Å². The van der Waals surface area contributed by atoms with E-state index in [-0.39, 0.29) is 5.91 Å². The van der Waals surface area contributed by atoms with Gasteiger partial charge in [-0.1, -0.05) is 12.1 Å². The fourth-order valence-electron chi connectivity index (χ4n) is 1.65. The van der Waals surface area contributed by atoms with E-state index in [4.69, 9.17) is 5.73 Å². The van der Waals surface area contributed by atoms with Crippen molar-refractivity contribution in [2.75, 3.05) is 5.32 Å². The van der Waals surface area contributed by atoms with E-state index in [1.54, 1.807) is 17.1 Å². The van der Waals surface area contributed by atoms with Crippen LogP contribution >= 0.6 is 0 Å². The Bertz CT molecular complexity index is 574. The molecule has 0 radical (unpaired) electrons. The van der Waals surface area contributed by atoms with Crippen LogP contribution < -0.4 is 11.1 Å². The highest BCUT2D eigenvalue weighted by atomic mass is 16.1. The average molecular weight is 244 g/mol. The van der Waals surface area contributed by atoms with Crippen LogP contribution in [0.2, 0.25) is 0 Å². The zero-order chi connectivity index (χ0) is 13.1. The van der Waals surface area contributed by atoms with Crippen molar-refractivity contribution in [1.82, 2.24) is 9.55 Å². The van der Waals surface area contributed by atoms with Crippen molar-refractivity contribution in [3.05, 3.63) is 47.5 Å². The Morgan fingerprint density at radius 1 is 1.50 bits per heavy atom. The van der Waals surface area contributed by atoms with Gasteiger partial charge in [-0.15, -0.1) is 0 Å². The number of aromatic nitrogens is 2. The van der Waals surface area contributed by atoms with Crippen molar-refractivity contribution in [2.24, 2.45) is 12.8 Å². The van der Waals surface area contributed by atoms with Gasteiger partial charge in [-0.05, 0) is 24.1 Å². The topological polar surface area (TPSA) is 72.9 Å². The third-order valence-electron chi connectivity index (χ3n) is 2.72. The Morgan fingerprint density at radius 2 is 2.28 bits per heavy atom. The quantitative estimate of drug-likeness (QED) is 0.858. The Kier molecular flexibility index (Phi) is 3.43. The molecule has 0 spiro atoms. The molecular formula is C13H16N4O. The molecule has 5 nitrogen and oxygen atoms in total. The predicted molar refractivity (Wildman–Crippen MR) is 70.2 cm³/mol. The van der Waals surface area contributed by atoms with Crippen LogP contribution in [0.15, 0.2) is 30.7 Å². The van der Waals surface area contributed by atoms with Crippen molar-refractivity contribution in [3.8, 4) is 0 Å². The number of imidazole rings is 1. The molecule has 18 heavy (non-hydrogen) atoms. The minimum Gasteiger partial charge on any atom is -0.340 e. The average Bonchev–Trinajstić information content (AvgIpc) is 2.79. The van der Waals surface area contributed by atoms with Crippen LogP contribution in [-0.4, -0.2) is 15.5 Å². The molecule has 0 saturated heterocycles. The van der Waals surface area contributed by atoms with Crippen molar-refractivity contribution in [3.63, 3.8) is 0 Å². The molecule has 2 aromatic rings. The fourth-order valence-corrected chi connectivity index (χ4v) is 1.65. The van der Waals surface area contributed by atoms with Gasteiger partial charge in [-0.3, -0.25) is 4.79 Å². The molecule has 5 heteroatoms. The number of nitrogens with two attached hydrogens (primary N) is 1. The first-order chi connectivity index (χ1) is 8.60. The van der Waals surface area contributed by atoms with Crippen LogP contribution in [0.3, 0.4) is 0 Å². The number of carbonyl (C=O) groups is 1. The van der Waals surface area contributed by atoms with Gasteiger partial charge in [-0.25, -0.2) is 4.98 Å². The van der Waals surface area contributed by atoms with E-state index in [1.165, 1.54) is 0 Å². The number of hydrogen-bond acceptors (Lipinski definition) is 3. The van der Waals surface area contributed by atoms with Gasteiger partial charge in [0, 0.05) is 25.5 Å². The van der Waals surface area contributed by atoms with Crippen LogP contribution in [0, 0.1) is 6.92 Å². The molecule has 1 amide bonds. The highest BCUT2D eigenvalue weighted by Gasteiger charge is 2.10. The van der Waals surface area contributed by atoms with Gasteiger partial charge in [0.15, 0.2) is 0 Å². The summed E-state index contributed by atoms with van der Waals surface area (Å²) in [4.78, 5) is 16.0. The SMILES string of the molecule is Cc1ccc(CN)cc1NC(=O)c1cn(C)cn1. The number of carbonyl (C=O) groups excluding carboxylic acids is 1. The molecule has 0 aliphatic rings. The first-order valence-electron chi connectivity index (χ1n) is 5.69. The van der Waals surface area contributed by atoms with Crippen molar-refractivity contribution < 1.29 is 4.79 Å². The standard InChI is InChI=1S/C13H16N4O/c1-9-3-4-10(6-14)5-11(9)16-13(18)12-7-17(2)8-15-12/h3-5,7-8H,6,14H2,1-2H3,(H,16,18). The molecule has 0 atom stereocenters. The second-order valence-corrected chi connectivity index (χ2v) is 4.23. The monoisotopic (exact) mass is 244 g/mol.